The van der Waals surface area contributed by atoms with Gasteiger partial charge in [0.1, 0.15) is 12.3 Å². The van der Waals surface area contributed by atoms with Crippen molar-refractivity contribution in [1.82, 2.24) is 4.90 Å². The van der Waals surface area contributed by atoms with Gasteiger partial charge in [-0.2, -0.15) is 0 Å². The topological polar surface area (TPSA) is 24.8 Å². The summed E-state index contributed by atoms with van der Waals surface area (Å²) in [7, 11) is 0. The van der Waals surface area contributed by atoms with Crippen molar-refractivity contribution in [3.63, 3.8) is 0 Å². The molecule has 0 aromatic heterocycles. The maximum Gasteiger partial charge on any atom is 0.129 e. The van der Waals surface area contributed by atoms with Gasteiger partial charge in [-0.25, -0.2) is 0 Å². The van der Waals surface area contributed by atoms with E-state index in [2.05, 4.69) is 58.6 Å². The van der Waals surface area contributed by atoms with Gasteiger partial charge in [0.05, 0.1) is 0 Å². The summed E-state index contributed by atoms with van der Waals surface area (Å²) in [6, 6.07) is 17.5. The largest absolute Gasteiger partial charge is 0.394 e. The fraction of sp³-hybridized carbons (Fsp3) is 0.409. The summed E-state index contributed by atoms with van der Waals surface area (Å²) in [5.74, 6) is 1.30. The zero-order valence-corrected chi connectivity index (χ0v) is 14.5. The second-order valence-electron chi connectivity index (χ2n) is 7.45. The molecule has 2 aromatic carbocycles. The number of fused-ring (bicyclic) bond motifs is 5. The van der Waals surface area contributed by atoms with Crippen molar-refractivity contribution in [3.8, 4) is 0 Å². The third-order valence-electron chi connectivity index (χ3n) is 5.87. The second-order valence-corrected chi connectivity index (χ2v) is 7.45. The lowest BCUT2D eigenvalue weighted by Crippen LogP contribution is -2.23. The van der Waals surface area contributed by atoms with E-state index in [4.69, 9.17) is 4.84 Å². The smallest absolute Gasteiger partial charge is 0.129 e. The molecule has 3 aliphatic rings. The number of rotatable bonds is 4. The van der Waals surface area contributed by atoms with Crippen molar-refractivity contribution in [2.75, 3.05) is 26.2 Å². The van der Waals surface area contributed by atoms with Crippen LogP contribution in [0.1, 0.15) is 53.4 Å². The molecular formula is C22H24N2O. The maximum atomic E-state index is 5.80. The van der Waals surface area contributed by atoms with Gasteiger partial charge in [-0.1, -0.05) is 53.7 Å². The Labute approximate surface area is 149 Å². The lowest BCUT2D eigenvalue weighted by atomic mass is 9.95. The third kappa shape index (κ3) is 2.77. The first-order valence-electron chi connectivity index (χ1n) is 9.53. The van der Waals surface area contributed by atoms with Crippen LogP contribution < -0.4 is 0 Å². The molecule has 128 valence electrons. The first-order chi connectivity index (χ1) is 12.4. The molecule has 1 heterocycles. The fourth-order valence-electron chi connectivity index (χ4n) is 4.48. The summed E-state index contributed by atoms with van der Waals surface area (Å²) in [6.45, 7) is 4.05. The van der Waals surface area contributed by atoms with E-state index in [0.29, 0.717) is 18.4 Å². The SMILES string of the molecule is c1ccc2c(c1)C(=NOCCN1CCCC1)c1ccccc1C1CC21. The van der Waals surface area contributed by atoms with Crippen molar-refractivity contribution < 1.29 is 4.84 Å². The number of hydrogen-bond acceptors (Lipinski definition) is 3. The number of benzene rings is 2. The highest BCUT2D eigenvalue weighted by atomic mass is 16.6. The lowest BCUT2D eigenvalue weighted by Gasteiger charge is -2.14. The Balaban J connectivity index is 1.45. The number of nitrogens with zero attached hydrogens (tertiary/aromatic N) is 2. The normalized spacial score (nSPS) is 24.1. The molecule has 0 radical (unpaired) electrons. The molecule has 1 saturated carbocycles. The second kappa shape index (κ2) is 6.30. The Bertz CT molecular complexity index is 754. The van der Waals surface area contributed by atoms with Crippen LogP contribution in [-0.4, -0.2) is 36.9 Å². The highest BCUT2D eigenvalue weighted by Gasteiger charge is 2.44. The first-order valence-corrected chi connectivity index (χ1v) is 9.53. The van der Waals surface area contributed by atoms with E-state index >= 15 is 0 Å². The van der Waals surface area contributed by atoms with E-state index < -0.39 is 0 Å². The molecule has 1 saturated heterocycles. The highest BCUT2D eigenvalue weighted by molar-refractivity contribution is 6.15. The molecule has 0 spiro atoms. The van der Waals surface area contributed by atoms with Gasteiger partial charge in [0.25, 0.3) is 0 Å². The monoisotopic (exact) mass is 332 g/mol. The van der Waals surface area contributed by atoms with Crippen LogP contribution in [0.15, 0.2) is 53.7 Å². The van der Waals surface area contributed by atoms with E-state index in [1.807, 2.05) is 0 Å². The van der Waals surface area contributed by atoms with Crippen molar-refractivity contribution in [2.24, 2.45) is 5.16 Å². The van der Waals surface area contributed by atoms with E-state index in [9.17, 15) is 0 Å². The van der Waals surface area contributed by atoms with Crippen molar-refractivity contribution in [3.05, 3.63) is 70.8 Å². The molecule has 3 nitrogen and oxygen atoms in total. The summed E-state index contributed by atoms with van der Waals surface area (Å²) in [5, 5.41) is 4.63. The maximum absolute atomic E-state index is 5.80. The minimum absolute atomic E-state index is 0.648. The molecule has 5 rings (SSSR count). The molecule has 0 amide bonds. The summed E-state index contributed by atoms with van der Waals surface area (Å²) >= 11 is 0. The third-order valence-corrected chi connectivity index (χ3v) is 5.87. The molecule has 0 N–H and O–H groups in total. The van der Waals surface area contributed by atoms with Gasteiger partial charge in [0.15, 0.2) is 0 Å². The van der Waals surface area contributed by atoms with Crippen molar-refractivity contribution in [2.45, 2.75) is 31.1 Å². The van der Waals surface area contributed by atoms with Crippen molar-refractivity contribution >= 4 is 5.71 Å². The Morgan fingerprint density at radius 1 is 0.880 bits per heavy atom. The quantitative estimate of drug-likeness (QED) is 0.621. The molecule has 3 heteroatoms. The number of oxime groups is 1. The van der Waals surface area contributed by atoms with Crippen LogP contribution in [0.25, 0.3) is 0 Å². The Morgan fingerprint density at radius 2 is 1.48 bits per heavy atom. The van der Waals surface area contributed by atoms with Gasteiger partial charge in [-0.05, 0) is 55.3 Å². The predicted molar refractivity (Wildman–Crippen MR) is 100 cm³/mol. The highest BCUT2D eigenvalue weighted by Crippen LogP contribution is 2.58. The predicted octanol–water partition coefficient (Wildman–Crippen LogP) is 4.14. The molecule has 2 unspecified atom stereocenters. The molecule has 2 atom stereocenters. The number of likely N-dealkylation sites (tertiary alicyclic amines) is 1. The Hall–Kier alpha value is -2.13. The average Bonchev–Trinajstić information content (AvgIpc) is 3.30. The molecule has 0 bridgehead atoms. The van der Waals surface area contributed by atoms with E-state index in [1.54, 1.807) is 0 Å². The van der Waals surface area contributed by atoms with Crippen LogP contribution in [-0.2, 0) is 4.84 Å². The van der Waals surface area contributed by atoms with Crippen LogP contribution in [0.2, 0.25) is 0 Å². The van der Waals surface area contributed by atoms with Gasteiger partial charge >= 0.3 is 0 Å². The standard InChI is InChI=1S/C22H24N2O/c1-3-9-18-16(7-1)20-15-21(20)17-8-2-4-10-19(17)22(18)23-25-14-13-24-11-5-6-12-24/h1-4,7-10,20-21H,5-6,11-15H2. The van der Waals surface area contributed by atoms with Crippen LogP contribution >= 0.6 is 0 Å². The van der Waals surface area contributed by atoms with Gasteiger partial charge in [0, 0.05) is 17.7 Å². The van der Waals surface area contributed by atoms with Crippen LogP contribution in [0.5, 0.6) is 0 Å². The van der Waals surface area contributed by atoms with E-state index in [-0.39, 0.29) is 0 Å². The van der Waals surface area contributed by atoms with Gasteiger partial charge in [-0.15, -0.1) is 0 Å². The van der Waals surface area contributed by atoms with E-state index in [1.165, 1.54) is 54.6 Å². The van der Waals surface area contributed by atoms with Crippen LogP contribution in [0, 0.1) is 0 Å². The van der Waals surface area contributed by atoms with Crippen LogP contribution in [0.3, 0.4) is 0 Å². The number of hydrogen-bond donors (Lipinski definition) is 0. The van der Waals surface area contributed by atoms with Gasteiger partial charge in [0.2, 0.25) is 0 Å². The molecule has 1 aliphatic heterocycles. The molecule has 2 aromatic rings. The first kappa shape index (κ1) is 15.2. The fourth-order valence-corrected chi connectivity index (χ4v) is 4.48. The molecule has 2 aliphatic carbocycles. The zero-order valence-electron chi connectivity index (χ0n) is 14.5. The summed E-state index contributed by atoms with van der Waals surface area (Å²) in [4.78, 5) is 8.26. The molecular weight excluding hydrogens is 308 g/mol. The summed E-state index contributed by atoms with van der Waals surface area (Å²) < 4.78 is 0. The summed E-state index contributed by atoms with van der Waals surface area (Å²) in [5.41, 5.74) is 6.39. The summed E-state index contributed by atoms with van der Waals surface area (Å²) in [6.07, 6.45) is 3.90. The van der Waals surface area contributed by atoms with Crippen LogP contribution in [0.4, 0.5) is 0 Å². The molecule has 25 heavy (non-hydrogen) atoms. The minimum atomic E-state index is 0.648. The Morgan fingerprint density at radius 3 is 2.12 bits per heavy atom. The van der Waals surface area contributed by atoms with Crippen molar-refractivity contribution in [1.29, 1.82) is 0 Å². The van der Waals surface area contributed by atoms with Gasteiger partial charge in [-0.3, -0.25) is 4.90 Å². The Kier molecular flexibility index (Phi) is 3.82. The van der Waals surface area contributed by atoms with Gasteiger partial charge < -0.3 is 4.84 Å². The zero-order chi connectivity index (χ0) is 16.6. The molecule has 2 fully saturated rings. The minimum Gasteiger partial charge on any atom is -0.394 e. The van der Waals surface area contributed by atoms with E-state index in [0.717, 1.165) is 12.3 Å². The lowest BCUT2D eigenvalue weighted by molar-refractivity contribution is 0.119. The average molecular weight is 332 g/mol.